The summed E-state index contributed by atoms with van der Waals surface area (Å²) in [5, 5.41) is 6.92. The van der Waals surface area contributed by atoms with Crippen molar-refractivity contribution < 1.29 is 9.59 Å². The average Bonchev–Trinajstić information content (AvgIpc) is 2.64. The zero-order chi connectivity index (χ0) is 14.5. The van der Waals surface area contributed by atoms with E-state index in [0.717, 1.165) is 37.2 Å². The highest BCUT2D eigenvalue weighted by atomic mass is 16.2. The second kappa shape index (κ2) is 6.54. The third kappa shape index (κ3) is 3.59. The number of nitrogens with one attached hydrogen (secondary N) is 1. The molecular weight excluding hydrogens is 256 g/mol. The van der Waals surface area contributed by atoms with Crippen LogP contribution in [0.4, 0.5) is 5.69 Å². The zero-order valence-corrected chi connectivity index (χ0v) is 12.2. The van der Waals surface area contributed by atoms with Crippen molar-refractivity contribution in [2.24, 2.45) is 7.05 Å². The number of carbonyl (C=O) groups excluding carboxylic acids is 2. The Morgan fingerprint density at radius 1 is 1.40 bits per heavy atom. The maximum absolute atomic E-state index is 11.9. The van der Waals surface area contributed by atoms with Crippen molar-refractivity contribution in [1.29, 1.82) is 0 Å². The molecule has 6 heteroatoms. The fraction of sp³-hybridized carbons (Fsp3) is 0.643. The molecule has 1 saturated heterocycles. The predicted octanol–water partition coefficient (Wildman–Crippen LogP) is 1.46. The Morgan fingerprint density at radius 2 is 2.20 bits per heavy atom. The second-order valence-electron chi connectivity index (χ2n) is 5.26. The molecule has 1 aromatic rings. The quantitative estimate of drug-likeness (QED) is 0.906. The van der Waals surface area contributed by atoms with E-state index in [4.69, 9.17) is 0 Å². The molecule has 1 aromatic heterocycles. The minimum absolute atomic E-state index is 0.0712. The number of aryl methyl sites for hydroxylation is 1. The van der Waals surface area contributed by atoms with Gasteiger partial charge in [-0.3, -0.25) is 14.3 Å². The molecule has 0 aliphatic carbocycles. The number of carbonyl (C=O) groups is 2. The number of hydrogen-bond acceptors (Lipinski definition) is 3. The molecule has 20 heavy (non-hydrogen) atoms. The van der Waals surface area contributed by atoms with E-state index in [-0.39, 0.29) is 11.8 Å². The van der Waals surface area contributed by atoms with E-state index in [9.17, 15) is 9.59 Å². The monoisotopic (exact) mass is 278 g/mol. The first kappa shape index (κ1) is 14.6. The van der Waals surface area contributed by atoms with Crippen molar-refractivity contribution in [3.05, 3.63) is 11.9 Å². The number of hydrogen-bond donors (Lipinski definition) is 1. The minimum atomic E-state index is -0.0712. The molecule has 0 aromatic carbocycles. The van der Waals surface area contributed by atoms with Crippen LogP contribution in [-0.2, 0) is 16.6 Å². The van der Waals surface area contributed by atoms with Crippen LogP contribution in [0.5, 0.6) is 0 Å². The smallest absolute Gasteiger partial charge is 0.226 e. The van der Waals surface area contributed by atoms with Gasteiger partial charge in [-0.05, 0) is 19.8 Å². The second-order valence-corrected chi connectivity index (χ2v) is 5.26. The summed E-state index contributed by atoms with van der Waals surface area (Å²) in [6.07, 6.45) is 5.70. The molecule has 2 rings (SSSR count). The van der Waals surface area contributed by atoms with E-state index >= 15 is 0 Å². The number of rotatable bonds is 4. The van der Waals surface area contributed by atoms with Gasteiger partial charge in [0.2, 0.25) is 11.8 Å². The van der Waals surface area contributed by atoms with E-state index < -0.39 is 0 Å². The first-order chi connectivity index (χ1) is 9.58. The summed E-state index contributed by atoms with van der Waals surface area (Å²) in [5.74, 6) is 0.103. The van der Waals surface area contributed by atoms with Crippen molar-refractivity contribution in [1.82, 2.24) is 14.7 Å². The van der Waals surface area contributed by atoms with Crippen molar-refractivity contribution >= 4 is 17.5 Å². The van der Waals surface area contributed by atoms with Gasteiger partial charge in [-0.1, -0.05) is 6.42 Å². The molecule has 1 aliphatic rings. The molecule has 0 bridgehead atoms. The Bertz CT molecular complexity index is 495. The third-order valence-electron chi connectivity index (χ3n) is 3.79. The van der Waals surface area contributed by atoms with Gasteiger partial charge in [0.25, 0.3) is 0 Å². The fourth-order valence-corrected chi connectivity index (χ4v) is 2.35. The summed E-state index contributed by atoms with van der Waals surface area (Å²) in [5.41, 5.74) is 1.66. The Hall–Kier alpha value is -1.85. The Balaban J connectivity index is 1.82. The lowest BCUT2D eigenvalue weighted by Crippen LogP contribution is -2.33. The maximum Gasteiger partial charge on any atom is 0.226 e. The van der Waals surface area contributed by atoms with Gasteiger partial charge in [0.15, 0.2) is 0 Å². The van der Waals surface area contributed by atoms with Crippen LogP contribution in [0.2, 0.25) is 0 Å². The highest BCUT2D eigenvalue weighted by Gasteiger charge is 2.17. The molecule has 0 radical (unpaired) electrons. The standard InChI is InChI=1S/C14H22N4O2/c1-11-12(10-15-17(11)2)16-13(19)7-9-18-8-5-3-4-6-14(18)20/h10H,3-9H2,1-2H3,(H,16,19). The van der Waals surface area contributed by atoms with Crippen molar-refractivity contribution in [3.63, 3.8) is 0 Å². The highest BCUT2D eigenvalue weighted by molar-refractivity contribution is 5.91. The van der Waals surface area contributed by atoms with Gasteiger partial charge in [0, 0.05) is 33.0 Å². The van der Waals surface area contributed by atoms with Crippen molar-refractivity contribution in [3.8, 4) is 0 Å². The summed E-state index contributed by atoms with van der Waals surface area (Å²) in [7, 11) is 1.83. The maximum atomic E-state index is 11.9. The average molecular weight is 278 g/mol. The summed E-state index contributed by atoms with van der Waals surface area (Å²) >= 11 is 0. The van der Waals surface area contributed by atoms with Crippen LogP contribution in [-0.4, -0.2) is 39.6 Å². The van der Waals surface area contributed by atoms with E-state index in [0.29, 0.717) is 19.4 Å². The Morgan fingerprint density at radius 3 is 2.90 bits per heavy atom. The number of amides is 2. The molecule has 1 fully saturated rings. The van der Waals surface area contributed by atoms with E-state index in [2.05, 4.69) is 10.4 Å². The van der Waals surface area contributed by atoms with Gasteiger partial charge >= 0.3 is 0 Å². The summed E-state index contributed by atoms with van der Waals surface area (Å²) in [6.45, 7) is 3.18. The lowest BCUT2D eigenvalue weighted by Gasteiger charge is -2.19. The topological polar surface area (TPSA) is 67.2 Å². The van der Waals surface area contributed by atoms with Gasteiger partial charge in [0.1, 0.15) is 0 Å². The van der Waals surface area contributed by atoms with Gasteiger partial charge < -0.3 is 10.2 Å². The van der Waals surface area contributed by atoms with Gasteiger partial charge in [-0.2, -0.15) is 5.10 Å². The van der Waals surface area contributed by atoms with E-state index in [1.807, 2.05) is 18.9 Å². The van der Waals surface area contributed by atoms with Crippen LogP contribution in [0, 0.1) is 6.92 Å². The van der Waals surface area contributed by atoms with Gasteiger partial charge in [0.05, 0.1) is 17.6 Å². The summed E-state index contributed by atoms with van der Waals surface area (Å²) in [6, 6.07) is 0. The molecule has 110 valence electrons. The van der Waals surface area contributed by atoms with Crippen LogP contribution >= 0.6 is 0 Å². The molecule has 1 N–H and O–H groups in total. The van der Waals surface area contributed by atoms with Crippen LogP contribution < -0.4 is 5.32 Å². The molecule has 2 heterocycles. The molecule has 0 spiro atoms. The molecule has 0 saturated carbocycles. The van der Waals surface area contributed by atoms with Crippen LogP contribution in [0.3, 0.4) is 0 Å². The lowest BCUT2D eigenvalue weighted by atomic mass is 10.2. The normalized spacial score (nSPS) is 16.1. The SMILES string of the molecule is Cc1c(NC(=O)CCN2CCCCCC2=O)cnn1C. The minimum Gasteiger partial charge on any atom is -0.342 e. The fourth-order valence-electron chi connectivity index (χ4n) is 2.35. The summed E-state index contributed by atoms with van der Waals surface area (Å²) in [4.78, 5) is 25.6. The first-order valence-electron chi connectivity index (χ1n) is 7.14. The number of nitrogens with zero attached hydrogens (tertiary/aromatic N) is 3. The molecule has 2 amide bonds. The van der Waals surface area contributed by atoms with Crippen LogP contribution in [0.15, 0.2) is 6.20 Å². The molecule has 6 nitrogen and oxygen atoms in total. The predicted molar refractivity (Wildman–Crippen MR) is 76.2 cm³/mol. The highest BCUT2D eigenvalue weighted by Crippen LogP contribution is 2.14. The van der Waals surface area contributed by atoms with Gasteiger partial charge in [-0.25, -0.2) is 0 Å². The third-order valence-corrected chi connectivity index (χ3v) is 3.79. The van der Waals surface area contributed by atoms with Crippen LogP contribution in [0.25, 0.3) is 0 Å². The number of aromatic nitrogens is 2. The molecule has 1 aliphatic heterocycles. The number of likely N-dealkylation sites (tertiary alicyclic amines) is 1. The Labute approximate surface area is 119 Å². The van der Waals surface area contributed by atoms with Crippen LogP contribution in [0.1, 0.15) is 37.8 Å². The largest absolute Gasteiger partial charge is 0.342 e. The lowest BCUT2D eigenvalue weighted by molar-refractivity contribution is -0.131. The Kier molecular flexibility index (Phi) is 4.76. The van der Waals surface area contributed by atoms with E-state index in [1.165, 1.54) is 0 Å². The van der Waals surface area contributed by atoms with E-state index in [1.54, 1.807) is 10.9 Å². The van der Waals surface area contributed by atoms with Gasteiger partial charge in [-0.15, -0.1) is 0 Å². The summed E-state index contributed by atoms with van der Waals surface area (Å²) < 4.78 is 1.72. The zero-order valence-electron chi connectivity index (χ0n) is 12.2. The molecular formula is C14H22N4O2. The van der Waals surface area contributed by atoms with Crippen molar-refractivity contribution in [2.75, 3.05) is 18.4 Å². The van der Waals surface area contributed by atoms with Crippen molar-refractivity contribution in [2.45, 2.75) is 39.0 Å². The molecule has 0 unspecified atom stereocenters. The number of anilines is 1. The molecule has 0 atom stereocenters. The first-order valence-corrected chi connectivity index (χ1v) is 7.14.